The molecule has 4 unspecified atom stereocenters. The maximum absolute atomic E-state index is 12.4. The largest absolute Gasteiger partial charge is 0.465 e. The molecule has 0 bridgehead atoms. The molecule has 0 heterocycles. The van der Waals surface area contributed by atoms with Crippen LogP contribution in [0.4, 0.5) is 0 Å². The van der Waals surface area contributed by atoms with E-state index < -0.39 is 0 Å². The summed E-state index contributed by atoms with van der Waals surface area (Å²) < 4.78 is 11.2. The second-order valence-electron chi connectivity index (χ2n) is 9.30. The van der Waals surface area contributed by atoms with E-state index in [1.807, 2.05) is 0 Å². The van der Waals surface area contributed by atoms with Crippen molar-refractivity contribution in [2.24, 2.45) is 35.5 Å². The molecule has 1 aliphatic rings. The first-order chi connectivity index (χ1) is 13.3. The molecule has 1 aliphatic carbocycles. The molecule has 28 heavy (non-hydrogen) atoms. The Bertz CT molecular complexity index is 412. The molecule has 0 N–H and O–H groups in total. The van der Waals surface area contributed by atoms with E-state index in [0.717, 1.165) is 38.5 Å². The first-order valence-corrected chi connectivity index (χ1v) is 11.6. The number of rotatable bonds is 12. The third-order valence-electron chi connectivity index (χ3n) is 6.80. The summed E-state index contributed by atoms with van der Waals surface area (Å²) in [5.74, 6) is 1.67. The van der Waals surface area contributed by atoms with E-state index in [0.29, 0.717) is 36.9 Å². The van der Waals surface area contributed by atoms with E-state index in [-0.39, 0.29) is 23.8 Å². The summed E-state index contributed by atoms with van der Waals surface area (Å²) >= 11 is 0. The van der Waals surface area contributed by atoms with Gasteiger partial charge in [-0.3, -0.25) is 9.59 Å². The van der Waals surface area contributed by atoms with Gasteiger partial charge in [-0.1, -0.05) is 67.2 Å². The van der Waals surface area contributed by atoms with E-state index in [1.54, 1.807) is 0 Å². The number of esters is 2. The molecule has 1 fully saturated rings. The van der Waals surface area contributed by atoms with Crippen LogP contribution in [0.2, 0.25) is 0 Å². The highest BCUT2D eigenvalue weighted by Crippen LogP contribution is 2.31. The van der Waals surface area contributed by atoms with E-state index >= 15 is 0 Å². The summed E-state index contributed by atoms with van der Waals surface area (Å²) in [6.45, 7) is 14.2. The highest BCUT2D eigenvalue weighted by Gasteiger charge is 2.32. The van der Waals surface area contributed by atoms with Crippen molar-refractivity contribution in [2.75, 3.05) is 13.2 Å². The van der Waals surface area contributed by atoms with Crippen LogP contribution in [0.15, 0.2) is 0 Å². The summed E-state index contributed by atoms with van der Waals surface area (Å²) in [5, 5.41) is 0. The molecule has 1 rings (SSSR count). The minimum atomic E-state index is -0.0793. The molecule has 4 atom stereocenters. The summed E-state index contributed by atoms with van der Waals surface area (Å²) in [4.78, 5) is 24.7. The minimum absolute atomic E-state index is 0.0544. The van der Waals surface area contributed by atoms with Crippen molar-refractivity contribution < 1.29 is 19.1 Å². The lowest BCUT2D eigenvalue weighted by Gasteiger charge is -2.27. The number of carbonyl (C=O) groups excluding carboxylic acids is 2. The van der Waals surface area contributed by atoms with Gasteiger partial charge in [0.15, 0.2) is 0 Å². The summed E-state index contributed by atoms with van der Waals surface area (Å²) in [6.07, 6.45) is 7.60. The minimum Gasteiger partial charge on any atom is -0.465 e. The predicted octanol–water partition coefficient (Wildman–Crippen LogP) is 6.02. The predicted molar refractivity (Wildman–Crippen MR) is 114 cm³/mol. The Balaban J connectivity index is 2.30. The molecule has 0 aromatic carbocycles. The van der Waals surface area contributed by atoms with Gasteiger partial charge in [0.25, 0.3) is 0 Å². The van der Waals surface area contributed by atoms with Gasteiger partial charge in [-0.25, -0.2) is 0 Å². The van der Waals surface area contributed by atoms with Crippen molar-refractivity contribution >= 4 is 11.9 Å². The Labute approximate surface area is 173 Å². The lowest BCUT2D eigenvalue weighted by Crippen LogP contribution is -2.30. The second-order valence-corrected chi connectivity index (χ2v) is 9.30. The van der Waals surface area contributed by atoms with Gasteiger partial charge in [-0.15, -0.1) is 0 Å². The molecule has 4 heteroatoms. The van der Waals surface area contributed by atoms with Crippen LogP contribution in [0.5, 0.6) is 0 Å². The van der Waals surface area contributed by atoms with Gasteiger partial charge in [-0.05, 0) is 49.4 Å². The third kappa shape index (κ3) is 8.53. The van der Waals surface area contributed by atoms with Crippen molar-refractivity contribution in [3.05, 3.63) is 0 Å². The van der Waals surface area contributed by atoms with E-state index in [1.165, 1.54) is 12.8 Å². The smallest absolute Gasteiger partial charge is 0.308 e. The molecule has 0 saturated heterocycles. The molecule has 0 radical (unpaired) electrons. The van der Waals surface area contributed by atoms with Crippen molar-refractivity contribution in [2.45, 2.75) is 92.9 Å². The first-order valence-electron chi connectivity index (χ1n) is 11.6. The SMILES string of the molecule is CCCC(C)C(C)COC(=O)C1CCC(C(=O)OCC(C)C(C)CCC)CC1. The Morgan fingerprint density at radius 1 is 0.679 bits per heavy atom. The van der Waals surface area contributed by atoms with Crippen molar-refractivity contribution in [3.8, 4) is 0 Å². The fraction of sp³-hybridized carbons (Fsp3) is 0.917. The molecule has 0 amide bonds. The van der Waals surface area contributed by atoms with Crippen LogP contribution in [0.1, 0.15) is 92.9 Å². The zero-order chi connectivity index (χ0) is 21.1. The van der Waals surface area contributed by atoms with Gasteiger partial charge < -0.3 is 9.47 Å². The quantitative estimate of drug-likeness (QED) is 0.378. The first kappa shape index (κ1) is 25.0. The second kappa shape index (κ2) is 13.2. The molecule has 1 saturated carbocycles. The Morgan fingerprint density at radius 2 is 1.00 bits per heavy atom. The average Bonchev–Trinajstić information content (AvgIpc) is 2.70. The number of hydrogen-bond donors (Lipinski definition) is 0. The van der Waals surface area contributed by atoms with E-state index in [2.05, 4.69) is 41.5 Å². The van der Waals surface area contributed by atoms with Crippen LogP contribution in [0, 0.1) is 35.5 Å². The van der Waals surface area contributed by atoms with Crippen molar-refractivity contribution in [3.63, 3.8) is 0 Å². The van der Waals surface area contributed by atoms with Crippen LogP contribution in [0.25, 0.3) is 0 Å². The molecule has 0 spiro atoms. The molecule has 4 nitrogen and oxygen atoms in total. The number of hydrogen-bond acceptors (Lipinski definition) is 4. The van der Waals surface area contributed by atoms with Gasteiger partial charge in [0.2, 0.25) is 0 Å². The highest BCUT2D eigenvalue weighted by atomic mass is 16.5. The van der Waals surface area contributed by atoms with Gasteiger partial charge in [0.05, 0.1) is 25.0 Å². The standard InChI is InChI=1S/C24H44O4/c1-7-9-17(3)19(5)15-27-23(25)21-11-13-22(14-12-21)24(26)28-16-20(6)18(4)10-8-2/h17-22H,7-16H2,1-6H3. The Morgan fingerprint density at radius 3 is 1.29 bits per heavy atom. The molecular formula is C24H44O4. The van der Waals surface area contributed by atoms with E-state index in [9.17, 15) is 9.59 Å². The number of ether oxygens (including phenoxy) is 2. The van der Waals surface area contributed by atoms with Crippen molar-refractivity contribution in [1.82, 2.24) is 0 Å². The lowest BCUT2D eigenvalue weighted by atomic mass is 9.82. The van der Waals surface area contributed by atoms with Crippen LogP contribution in [-0.2, 0) is 19.1 Å². The fourth-order valence-corrected chi connectivity index (χ4v) is 4.04. The third-order valence-corrected chi connectivity index (χ3v) is 6.80. The van der Waals surface area contributed by atoms with Gasteiger partial charge in [-0.2, -0.15) is 0 Å². The Hall–Kier alpha value is -1.06. The zero-order valence-electron chi connectivity index (χ0n) is 19.2. The van der Waals surface area contributed by atoms with Crippen LogP contribution in [0.3, 0.4) is 0 Å². The highest BCUT2D eigenvalue weighted by molar-refractivity contribution is 5.75. The molecule has 0 aromatic heterocycles. The average molecular weight is 397 g/mol. The topological polar surface area (TPSA) is 52.6 Å². The lowest BCUT2D eigenvalue weighted by molar-refractivity contribution is -0.157. The number of carbonyl (C=O) groups is 2. The normalized spacial score (nSPS) is 24.1. The maximum atomic E-state index is 12.4. The summed E-state index contributed by atoms with van der Waals surface area (Å²) in [5.41, 5.74) is 0. The maximum Gasteiger partial charge on any atom is 0.308 e. The molecule has 0 aromatic rings. The van der Waals surface area contributed by atoms with Crippen LogP contribution in [-0.4, -0.2) is 25.2 Å². The summed E-state index contributed by atoms with van der Waals surface area (Å²) in [6, 6.07) is 0. The van der Waals surface area contributed by atoms with Gasteiger partial charge in [0, 0.05) is 0 Å². The monoisotopic (exact) mass is 396 g/mol. The van der Waals surface area contributed by atoms with Gasteiger partial charge >= 0.3 is 11.9 Å². The van der Waals surface area contributed by atoms with E-state index in [4.69, 9.17) is 9.47 Å². The van der Waals surface area contributed by atoms with Crippen LogP contribution < -0.4 is 0 Å². The van der Waals surface area contributed by atoms with Crippen LogP contribution >= 0.6 is 0 Å². The van der Waals surface area contributed by atoms with Crippen molar-refractivity contribution in [1.29, 1.82) is 0 Å². The Kier molecular flexibility index (Phi) is 11.8. The molecule has 164 valence electrons. The fourth-order valence-electron chi connectivity index (χ4n) is 4.04. The molecule has 0 aliphatic heterocycles. The van der Waals surface area contributed by atoms with Gasteiger partial charge in [0.1, 0.15) is 0 Å². The summed E-state index contributed by atoms with van der Waals surface area (Å²) in [7, 11) is 0. The zero-order valence-corrected chi connectivity index (χ0v) is 19.2. The molecular weight excluding hydrogens is 352 g/mol.